The molecule has 0 spiro atoms. The maximum absolute atomic E-state index is 13.8. The molecule has 0 atom stereocenters. The van der Waals surface area contributed by atoms with E-state index in [1.807, 2.05) is 79.0 Å². The fourth-order valence-electron chi connectivity index (χ4n) is 4.61. The predicted octanol–water partition coefficient (Wildman–Crippen LogP) is 7.39. The van der Waals surface area contributed by atoms with Crippen LogP contribution in [0.4, 0.5) is 5.13 Å². The lowest BCUT2D eigenvalue weighted by Crippen LogP contribution is -2.13. The van der Waals surface area contributed by atoms with Crippen molar-refractivity contribution in [2.75, 3.05) is 5.32 Å². The van der Waals surface area contributed by atoms with E-state index in [0.29, 0.717) is 22.0 Å². The molecule has 0 aliphatic heterocycles. The van der Waals surface area contributed by atoms with E-state index in [0.717, 1.165) is 39.2 Å². The molecule has 6 rings (SSSR count). The van der Waals surface area contributed by atoms with Gasteiger partial charge in [-0.05, 0) is 50.6 Å². The van der Waals surface area contributed by atoms with E-state index < -0.39 is 0 Å². The van der Waals surface area contributed by atoms with E-state index in [-0.39, 0.29) is 5.91 Å². The maximum atomic E-state index is 13.8. The second-order valence-corrected chi connectivity index (χ2v) is 10.1. The van der Waals surface area contributed by atoms with Crippen LogP contribution in [0.1, 0.15) is 27.2 Å². The van der Waals surface area contributed by atoms with Crippen LogP contribution >= 0.6 is 11.3 Å². The molecule has 1 amide bonds. The Labute approximate surface area is 224 Å². The molecular weight excluding hydrogens is 490 g/mol. The molecule has 6 aromatic rings. The zero-order chi connectivity index (χ0) is 26.2. The largest absolute Gasteiger partial charge is 0.298 e. The van der Waals surface area contributed by atoms with E-state index in [1.165, 1.54) is 16.9 Å². The van der Waals surface area contributed by atoms with E-state index >= 15 is 0 Å². The summed E-state index contributed by atoms with van der Waals surface area (Å²) in [5.74, 6) is -0.243. The number of amides is 1. The third-order valence-electron chi connectivity index (χ3n) is 6.52. The minimum absolute atomic E-state index is 0.243. The molecular formula is C31H25N5OS. The average Bonchev–Trinajstić information content (AvgIpc) is 3.54. The maximum Gasteiger partial charge on any atom is 0.258 e. The van der Waals surface area contributed by atoms with Gasteiger partial charge in [-0.15, -0.1) is 11.3 Å². The van der Waals surface area contributed by atoms with Crippen molar-refractivity contribution >= 4 is 33.4 Å². The molecule has 38 heavy (non-hydrogen) atoms. The zero-order valence-corrected chi connectivity index (χ0v) is 22.1. The number of fused-ring (bicyclic) bond motifs is 1. The quantitative estimate of drug-likeness (QED) is 0.260. The Morgan fingerprint density at radius 1 is 0.842 bits per heavy atom. The molecule has 6 nitrogen and oxygen atoms in total. The molecule has 3 heterocycles. The zero-order valence-electron chi connectivity index (χ0n) is 21.3. The molecule has 0 unspecified atom stereocenters. The second kappa shape index (κ2) is 9.68. The highest BCUT2D eigenvalue weighted by atomic mass is 32.1. The number of anilines is 1. The molecule has 0 saturated heterocycles. The lowest BCUT2D eigenvalue weighted by molar-refractivity contribution is 0.102. The molecule has 186 valence electrons. The second-order valence-electron chi connectivity index (χ2n) is 9.26. The number of carbonyl (C=O) groups is 1. The predicted molar refractivity (Wildman–Crippen MR) is 154 cm³/mol. The summed E-state index contributed by atoms with van der Waals surface area (Å²) in [7, 11) is 0. The first-order valence-corrected chi connectivity index (χ1v) is 13.2. The number of aromatic nitrogens is 4. The highest BCUT2D eigenvalue weighted by molar-refractivity contribution is 7.14. The van der Waals surface area contributed by atoms with Crippen LogP contribution in [0.25, 0.3) is 39.2 Å². The van der Waals surface area contributed by atoms with Crippen LogP contribution < -0.4 is 5.32 Å². The minimum Gasteiger partial charge on any atom is -0.298 e. The number of carbonyl (C=O) groups excluding carboxylic acids is 1. The Morgan fingerprint density at radius 2 is 1.58 bits per heavy atom. The fourth-order valence-corrected chi connectivity index (χ4v) is 5.31. The topological polar surface area (TPSA) is 72.7 Å². The van der Waals surface area contributed by atoms with Crippen molar-refractivity contribution in [1.82, 2.24) is 19.7 Å². The number of para-hydroxylation sites is 1. The normalized spacial score (nSPS) is 11.1. The van der Waals surface area contributed by atoms with Crippen LogP contribution in [0.2, 0.25) is 0 Å². The number of hydrogen-bond donors (Lipinski definition) is 1. The van der Waals surface area contributed by atoms with E-state index in [2.05, 4.69) is 37.4 Å². The molecule has 0 aliphatic rings. The van der Waals surface area contributed by atoms with Gasteiger partial charge in [0.2, 0.25) is 0 Å². The van der Waals surface area contributed by atoms with Gasteiger partial charge in [-0.25, -0.2) is 14.6 Å². The first kappa shape index (κ1) is 23.8. The SMILES string of the molecule is Cc1ccc(C)c(-c2csc(NC(=O)c3cc(-c4ccccc4)nc4c3c(C)nn4-c3ccccc3)n2)c1. The molecule has 0 saturated carbocycles. The lowest BCUT2D eigenvalue weighted by Gasteiger charge is -2.09. The molecule has 3 aromatic heterocycles. The molecule has 0 aliphatic carbocycles. The highest BCUT2D eigenvalue weighted by Crippen LogP contribution is 2.31. The van der Waals surface area contributed by atoms with Gasteiger partial charge in [-0.3, -0.25) is 10.1 Å². The summed E-state index contributed by atoms with van der Waals surface area (Å²) in [6.45, 7) is 6.04. The van der Waals surface area contributed by atoms with E-state index in [1.54, 1.807) is 4.68 Å². The van der Waals surface area contributed by atoms with Crippen molar-refractivity contribution in [1.29, 1.82) is 0 Å². The third kappa shape index (κ3) is 4.37. The monoisotopic (exact) mass is 515 g/mol. The van der Waals surface area contributed by atoms with Crippen LogP contribution in [0.3, 0.4) is 0 Å². The summed E-state index contributed by atoms with van der Waals surface area (Å²) in [6, 6.07) is 27.9. The van der Waals surface area contributed by atoms with Crippen LogP contribution in [0.15, 0.2) is 90.3 Å². The molecule has 0 bridgehead atoms. The number of pyridine rings is 1. The van der Waals surface area contributed by atoms with Crippen molar-refractivity contribution in [3.05, 3.63) is 113 Å². The van der Waals surface area contributed by atoms with Crippen LogP contribution in [0.5, 0.6) is 0 Å². The average molecular weight is 516 g/mol. The van der Waals surface area contributed by atoms with Gasteiger partial charge in [0.15, 0.2) is 10.8 Å². The summed E-state index contributed by atoms with van der Waals surface area (Å²) in [5.41, 5.74) is 8.62. The first-order valence-electron chi connectivity index (χ1n) is 12.3. The molecule has 1 N–H and O–H groups in total. The van der Waals surface area contributed by atoms with Gasteiger partial charge >= 0.3 is 0 Å². The van der Waals surface area contributed by atoms with E-state index in [9.17, 15) is 4.79 Å². The fraction of sp³-hybridized carbons (Fsp3) is 0.0968. The highest BCUT2D eigenvalue weighted by Gasteiger charge is 2.22. The standard InChI is InChI=1S/C31H25N5OS/c1-19-14-15-20(2)24(16-19)27-18-38-31(33-27)34-30(37)25-17-26(22-10-6-4-7-11-22)32-29-28(25)21(3)35-36(29)23-12-8-5-9-13-23/h4-18H,1-3H3,(H,33,34,37). The Balaban J connectivity index is 1.45. The minimum atomic E-state index is -0.243. The smallest absolute Gasteiger partial charge is 0.258 e. The van der Waals surface area contributed by atoms with Gasteiger partial charge < -0.3 is 0 Å². The summed E-state index contributed by atoms with van der Waals surface area (Å²) in [6.07, 6.45) is 0. The van der Waals surface area contributed by atoms with Crippen molar-refractivity contribution in [2.45, 2.75) is 20.8 Å². The number of benzene rings is 3. The number of rotatable bonds is 5. The molecule has 0 radical (unpaired) electrons. The number of nitrogens with zero attached hydrogens (tertiary/aromatic N) is 4. The molecule has 0 fully saturated rings. The molecule has 7 heteroatoms. The van der Waals surface area contributed by atoms with Gasteiger partial charge in [0.25, 0.3) is 5.91 Å². The van der Waals surface area contributed by atoms with Gasteiger partial charge in [0.05, 0.1) is 33.7 Å². The van der Waals surface area contributed by atoms with Crippen molar-refractivity contribution in [2.24, 2.45) is 0 Å². The van der Waals surface area contributed by atoms with Gasteiger partial charge in [0, 0.05) is 16.5 Å². The Hall–Kier alpha value is -4.62. The van der Waals surface area contributed by atoms with Crippen LogP contribution in [0, 0.1) is 20.8 Å². The van der Waals surface area contributed by atoms with Crippen molar-refractivity contribution in [3.63, 3.8) is 0 Å². The van der Waals surface area contributed by atoms with Crippen LogP contribution in [-0.4, -0.2) is 25.7 Å². The van der Waals surface area contributed by atoms with Gasteiger partial charge in [0.1, 0.15) is 0 Å². The third-order valence-corrected chi connectivity index (χ3v) is 7.28. The lowest BCUT2D eigenvalue weighted by atomic mass is 10.0. The van der Waals surface area contributed by atoms with Crippen molar-refractivity contribution < 1.29 is 4.79 Å². The number of aryl methyl sites for hydroxylation is 3. The van der Waals surface area contributed by atoms with Crippen molar-refractivity contribution in [3.8, 4) is 28.2 Å². The van der Waals surface area contributed by atoms with Gasteiger partial charge in [-0.1, -0.05) is 66.2 Å². The summed E-state index contributed by atoms with van der Waals surface area (Å²) in [5, 5.41) is 11.0. The Bertz CT molecular complexity index is 1790. The number of thiazole rings is 1. The molecule has 3 aromatic carbocycles. The van der Waals surface area contributed by atoms with E-state index in [4.69, 9.17) is 15.1 Å². The number of hydrogen-bond acceptors (Lipinski definition) is 5. The van der Waals surface area contributed by atoms with Gasteiger partial charge in [-0.2, -0.15) is 5.10 Å². The van der Waals surface area contributed by atoms with Crippen LogP contribution in [-0.2, 0) is 0 Å². The summed E-state index contributed by atoms with van der Waals surface area (Å²) in [4.78, 5) is 23.5. The summed E-state index contributed by atoms with van der Waals surface area (Å²) >= 11 is 1.41. The first-order chi connectivity index (χ1) is 18.5. The Kier molecular flexibility index (Phi) is 6.05. The Morgan fingerprint density at radius 3 is 2.34 bits per heavy atom. The number of nitrogens with one attached hydrogen (secondary N) is 1. The summed E-state index contributed by atoms with van der Waals surface area (Å²) < 4.78 is 1.80.